The molecule has 162 valence electrons. The van der Waals surface area contributed by atoms with E-state index in [-0.39, 0.29) is 5.75 Å². The summed E-state index contributed by atoms with van der Waals surface area (Å²) in [6.45, 7) is 8.31. The molecule has 5 nitrogen and oxygen atoms in total. The topological polar surface area (TPSA) is 59.1 Å². The minimum Gasteiger partial charge on any atom is -0.507 e. The largest absolute Gasteiger partial charge is 0.507 e. The molecule has 3 aromatic carbocycles. The summed E-state index contributed by atoms with van der Waals surface area (Å²) in [5, 5.41) is 19.6. The second-order valence-electron chi connectivity index (χ2n) is 7.56. The van der Waals surface area contributed by atoms with Crippen molar-refractivity contribution in [2.75, 3.05) is 13.7 Å². The smallest absolute Gasteiger partial charge is 0.206 e. The quantitative estimate of drug-likeness (QED) is 0.301. The van der Waals surface area contributed by atoms with Gasteiger partial charge < -0.3 is 9.84 Å². The van der Waals surface area contributed by atoms with Crippen LogP contribution < -0.4 is 9.54 Å². The summed E-state index contributed by atoms with van der Waals surface area (Å²) < 4.78 is 7.39. The summed E-state index contributed by atoms with van der Waals surface area (Å²) >= 11 is 1.51. The third-order valence-electron chi connectivity index (χ3n) is 5.09. The standard InChI is InChI=1S/C26H25N3O2S/c1-17(2)15-27-26-29(23(16-32-26)22-11-7-8-12-24(22)31-4)28-18(3)20-14-13-19-9-5-6-10-21(19)25(20)30/h5-14,16,30H,1,15H2,2-4H3. The second-order valence-corrected chi connectivity index (χ2v) is 8.39. The summed E-state index contributed by atoms with van der Waals surface area (Å²) in [7, 11) is 1.66. The molecule has 0 aliphatic rings. The number of phenols is 1. The number of nitrogens with zero attached hydrogens (tertiary/aromatic N) is 3. The minimum absolute atomic E-state index is 0.222. The van der Waals surface area contributed by atoms with Crippen molar-refractivity contribution in [3.8, 4) is 22.8 Å². The lowest BCUT2D eigenvalue weighted by Gasteiger charge is -2.11. The SMILES string of the molecule is C=C(C)CN=c1scc(-c2ccccc2OC)n1N=C(C)c1ccc2ccccc2c1O. The van der Waals surface area contributed by atoms with Crippen LogP contribution >= 0.6 is 11.3 Å². The molecule has 0 aliphatic carbocycles. The van der Waals surface area contributed by atoms with Crippen molar-refractivity contribution in [2.45, 2.75) is 13.8 Å². The van der Waals surface area contributed by atoms with E-state index in [2.05, 4.69) is 6.58 Å². The maximum Gasteiger partial charge on any atom is 0.206 e. The van der Waals surface area contributed by atoms with Crippen molar-refractivity contribution in [3.05, 3.63) is 88.6 Å². The monoisotopic (exact) mass is 443 g/mol. The highest BCUT2D eigenvalue weighted by Crippen LogP contribution is 2.31. The number of ether oxygens (including phenoxy) is 1. The van der Waals surface area contributed by atoms with Crippen LogP contribution in [0.3, 0.4) is 0 Å². The molecule has 1 aromatic heterocycles. The van der Waals surface area contributed by atoms with Gasteiger partial charge in [-0.2, -0.15) is 5.10 Å². The predicted molar refractivity (Wildman–Crippen MR) is 133 cm³/mol. The molecule has 0 amide bonds. The summed E-state index contributed by atoms with van der Waals surface area (Å²) in [6.07, 6.45) is 0. The lowest BCUT2D eigenvalue weighted by Crippen LogP contribution is -2.15. The fourth-order valence-corrected chi connectivity index (χ4v) is 4.32. The molecule has 0 radical (unpaired) electrons. The van der Waals surface area contributed by atoms with E-state index < -0.39 is 0 Å². The molecular weight excluding hydrogens is 418 g/mol. The van der Waals surface area contributed by atoms with Gasteiger partial charge in [-0.15, -0.1) is 11.3 Å². The molecule has 0 unspecified atom stereocenters. The summed E-state index contributed by atoms with van der Waals surface area (Å²) in [5.41, 5.74) is 4.12. The van der Waals surface area contributed by atoms with Gasteiger partial charge in [-0.1, -0.05) is 54.6 Å². The first-order valence-electron chi connectivity index (χ1n) is 10.2. The van der Waals surface area contributed by atoms with Gasteiger partial charge in [0.2, 0.25) is 4.80 Å². The molecule has 1 heterocycles. The van der Waals surface area contributed by atoms with Crippen LogP contribution in [0.4, 0.5) is 0 Å². The molecule has 0 spiro atoms. The van der Waals surface area contributed by atoms with E-state index in [4.69, 9.17) is 14.8 Å². The number of thiazole rings is 1. The van der Waals surface area contributed by atoms with Crippen molar-refractivity contribution < 1.29 is 9.84 Å². The first kappa shape index (κ1) is 21.6. The van der Waals surface area contributed by atoms with Gasteiger partial charge in [0.25, 0.3) is 0 Å². The van der Waals surface area contributed by atoms with Crippen molar-refractivity contribution >= 4 is 27.8 Å². The molecule has 1 N–H and O–H groups in total. The van der Waals surface area contributed by atoms with E-state index in [0.29, 0.717) is 17.8 Å². The molecule has 0 saturated carbocycles. The van der Waals surface area contributed by atoms with Crippen molar-refractivity contribution in [1.29, 1.82) is 0 Å². The van der Waals surface area contributed by atoms with Crippen LogP contribution in [-0.4, -0.2) is 29.1 Å². The van der Waals surface area contributed by atoms with Crippen LogP contribution in [0.1, 0.15) is 19.4 Å². The highest BCUT2D eigenvalue weighted by atomic mass is 32.1. The average Bonchev–Trinajstić information content (AvgIpc) is 3.20. The second kappa shape index (κ2) is 9.24. The number of benzene rings is 3. The fourth-order valence-electron chi connectivity index (χ4n) is 3.50. The molecule has 0 fully saturated rings. The zero-order chi connectivity index (χ0) is 22.7. The molecule has 32 heavy (non-hydrogen) atoms. The van der Waals surface area contributed by atoms with Gasteiger partial charge in [-0.05, 0) is 37.4 Å². The zero-order valence-corrected chi connectivity index (χ0v) is 19.2. The number of methoxy groups -OCH3 is 1. The summed E-state index contributed by atoms with van der Waals surface area (Å²) in [6, 6.07) is 19.5. The lowest BCUT2D eigenvalue weighted by molar-refractivity contribution is 0.416. The highest BCUT2D eigenvalue weighted by molar-refractivity contribution is 7.07. The number of hydrogen-bond donors (Lipinski definition) is 1. The maximum absolute atomic E-state index is 10.9. The number of rotatable bonds is 6. The maximum atomic E-state index is 10.9. The van der Waals surface area contributed by atoms with Crippen LogP contribution in [0.25, 0.3) is 22.0 Å². The molecule has 4 aromatic rings. The Kier molecular flexibility index (Phi) is 6.23. The molecule has 0 atom stereocenters. The lowest BCUT2D eigenvalue weighted by atomic mass is 10.0. The number of aromatic hydroxyl groups is 1. The van der Waals surface area contributed by atoms with E-state index >= 15 is 0 Å². The van der Waals surface area contributed by atoms with Gasteiger partial charge in [0.05, 0.1) is 25.1 Å². The van der Waals surface area contributed by atoms with Gasteiger partial charge in [-0.25, -0.2) is 4.68 Å². The first-order valence-corrected chi connectivity index (χ1v) is 11.1. The summed E-state index contributed by atoms with van der Waals surface area (Å²) in [5.74, 6) is 0.978. The molecule has 0 bridgehead atoms. The third kappa shape index (κ3) is 4.22. The van der Waals surface area contributed by atoms with Crippen molar-refractivity contribution in [3.63, 3.8) is 0 Å². The number of para-hydroxylation sites is 1. The Morgan fingerprint density at radius 3 is 2.59 bits per heavy atom. The Hall–Kier alpha value is -3.64. The Bertz CT molecular complexity index is 1400. The van der Waals surface area contributed by atoms with Crippen molar-refractivity contribution in [1.82, 2.24) is 4.68 Å². The fraction of sp³-hybridized carbons (Fsp3) is 0.154. The summed E-state index contributed by atoms with van der Waals surface area (Å²) in [4.78, 5) is 5.44. The van der Waals surface area contributed by atoms with Gasteiger partial charge in [0, 0.05) is 21.9 Å². The predicted octanol–water partition coefficient (Wildman–Crippen LogP) is 5.83. The van der Waals surface area contributed by atoms with Gasteiger partial charge in [0.15, 0.2) is 0 Å². The Balaban J connectivity index is 1.91. The molecule has 4 rings (SSSR count). The van der Waals surface area contributed by atoms with Crippen LogP contribution in [0.5, 0.6) is 11.5 Å². The Morgan fingerprint density at radius 2 is 1.81 bits per heavy atom. The van der Waals surface area contributed by atoms with E-state index in [1.807, 2.05) is 84.6 Å². The third-order valence-corrected chi connectivity index (χ3v) is 5.95. The van der Waals surface area contributed by atoms with Gasteiger partial charge in [-0.3, -0.25) is 4.99 Å². The first-order chi connectivity index (χ1) is 15.5. The van der Waals surface area contributed by atoms with Gasteiger partial charge >= 0.3 is 0 Å². The normalized spacial score (nSPS) is 12.3. The Labute approximate surface area is 191 Å². The number of phenolic OH excluding ortho intramolecular Hbond substituents is 1. The Morgan fingerprint density at radius 1 is 1.06 bits per heavy atom. The van der Waals surface area contributed by atoms with E-state index in [0.717, 1.165) is 38.2 Å². The van der Waals surface area contributed by atoms with E-state index in [1.165, 1.54) is 11.3 Å². The average molecular weight is 444 g/mol. The number of aromatic nitrogens is 1. The molecule has 0 saturated heterocycles. The number of hydrogen-bond acceptors (Lipinski definition) is 5. The van der Waals surface area contributed by atoms with E-state index in [9.17, 15) is 5.11 Å². The molecular formula is C26H25N3O2S. The molecule has 6 heteroatoms. The highest BCUT2D eigenvalue weighted by Gasteiger charge is 2.14. The minimum atomic E-state index is 0.222. The van der Waals surface area contributed by atoms with Crippen LogP contribution in [0.15, 0.2) is 88.3 Å². The molecule has 0 aliphatic heterocycles. The van der Waals surface area contributed by atoms with Crippen LogP contribution in [-0.2, 0) is 0 Å². The van der Waals surface area contributed by atoms with Crippen LogP contribution in [0.2, 0.25) is 0 Å². The van der Waals surface area contributed by atoms with E-state index in [1.54, 1.807) is 7.11 Å². The van der Waals surface area contributed by atoms with Crippen molar-refractivity contribution in [2.24, 2.45) is 10.1 Å². The zero-order valence-electron chi connectivity index (χ0n) is 18.4. The van der Waals surface area contributed by atoms with Gasteiger partial charge in [0.1, 0.15) is 11.5 Å². The number of fused-ring (bicyclic) bond motifs is 1. The van der Waals surface area contributed by atoms with Crippen LogP contribution in [0, 0.1) is 0 Å².